The maximum absolute atomic E-state index is 12.8. The van der Waals surface area contributed by atoms with E-state index in [-0.39, 0.29) is 11.9 Å². The second kappa shape index (κ2) is 21.4. The lowest BCUT2D eigenvalue weighted by Crippen LogP contribution is -2.14. The fraction of sp³-hybridized carbons (Fsp3) is 0.550. The fourth-order valence-electron chi connectivity index (χ4n) is 5.52. The highest BCUT2D eigenvalue weighted by Crippen LogP contribution is 2.27. The van der Waals surface area contributed by atoms with Crippen molar-refractivity contribution in [3.8, 4) is 11.5 Å². The van der Waals surface area contributed by atoms with Crippen LogP contribution in [0.3, 0.4) is 0 Å². The first-order valence-corrected chi connectivity index (χ1v) is 17.7. The van der Waals surface area contributed by atoms with E-state index in [2.05, 4.69) is 13.8 Å². The number of benzene rings is 3. The van der Waals surface area contributed by atoms with E-state index in [1.807, 2.05) is 49.4 Å². The quantitative estimate of drug-likeness (QED) is 0.0602. The molecule has 0 heterocycles. The van der Waals surface area contributed by atoms with E-state index in [1.54, 1.807) is 18.2 Å². The van der Waals surface area contributed by atoms with Crippen LogP contribution in [0.2, 0.25) is 0 Å². The normalized spacial score (nSPS) is 11.8. The SMILES string of the molecule is CCCCCCCCCCOC(=O)[C@@H](C)c1ccc2cc(OC(=O)c3ccc(OCCCCCCCCCC)cc3)ccc2c1. The van der Waals surface area contributed by atoms with Crippen molar-refractivity contribution in [1.82, 2.24) is 0 Å². The van der Waals surface area contributed by atoms with Gasteiger partial charge >= 0.3 is 11.9 Å². The van der Waals surface area contributed by atoms with Crippen LogP contribution in [0.4, 0.5) is 0 Å². The molecule has 45 heavy (non-hydrogen) atoms. The highest BCUT2D eigenvalue weighted by molar-refractivity contribution is 5.92. The number of fused-ring (bicyclic) bond motifs is 1. The van der Waals surface area contributed by atoms with E-state index in [1.165, 1.54) is 83.5 Å². The van der Waals surface area contributed by atoms with E-state index < -0.39 is 5.97 Å². The van der Waals surface area contributed by atoms with Crippen molar-refractivity contribution >= 4 is 22.7 Å². The van der Waals surface area contributed by atoms with E-state index in [0.29, 0.717) is 24.5 Å². The summed E-state index contributed by atoms with van der Waals surface area (Å²) in [5, 5.41) is 1.92. The molecule has 0 spiro atoms. The summed E-state index contributed by atoms with van der Waals surface area (Å²) in [6.45, 7) is 7.54. The predicted octanol–water partition coefficient (Wildman–Crippen LogP) is 11.4. The Labute approximate surface area is 272 Å². The van der Waals surface area contributed by atoms with Crippen LogP contribution in [0.1, 0.15) is 145 Å². The molecule has 0 amide bonds. The molecule has 0 fully saturated rings. The van der Waals surface area contributed by atoms with Gasteiger partial charge in [0.25, 0.3) is 0 Å². The van der Waals surface area contributed by atoms with Crippen molar-refractivity contribution in [1.29, 1.82) is 0 Å². The van der Waals surface area contributed by atoms with Gasteiger partial charge in [-0.15, -0.1) is 0 Å². The highest BCUT2D eigenvalue weighted by atomic mass is 16.5. The maximum Gasteiger partial charge on any atom is 0.343 e. The Balaban J connectivity index is 1.39. The van der Waals surface area contributed by atoms with Gasteiger partial charge in [0.2, 0.25) is 0 Å². The van der Waals surface area contributed by atoms with Crippen molar-refractivity contribution in [2.45, 2.75) is 129 Å². The van der Waals surface area contributed by atoms with Gasteiger partial charge < -0.3 is 14.2 Å². The van der Waals surface area contributed by atoms with Crippen molar-refractivity contribution in [2.75, 3.05) is 13.2 Å². The van der Waals surface area contributed by atoms with Crippen LogP contribution in [-0.2, 0) is 9.53 Å². The molecule has 3 aromatic carbocycles. The summed E-state index contributed by atoms with van der Waals surface area (Å²) in [6.07, 6.45) is 19.9. The summed E-state index contributed by atoms with van der Waals surface area (Å²) in [7, 11) is 0. The number of carbonyl (C=O) groups is 2. The Kier molecular flexibility index (Phi) is 17.2. The first-order chi connectivity index (χ1) is 22.0. The standard InChI is InChI=1S/C40H56O5/c1-4-6-8-10-12-14-16-18-28-43-37-25-22-33(23-26-37)40(42)45-38-27-24-35-30-34(20-21-36(35)31-38)32(3)39(41)44-29-19-17-15-13-11-9-7-5-2/h20-27,30-32H,4-19,28-29H2,1-3H3/t32-/m0/s1. The van der Waals surface area contributed by atoms with Crippen LogP contribution in [0, 0.1) is 0 Å². The molecule has 0 saturated heterocycles. The third-order valence-corrected chi connectivity index (χ3v) is 8.50. The van der Waals surface area contributed by atoms with Crippen molar-refractivity contribution in [3.05, 3.63) is 71.8 Å². The summed E-state index contributed by atoms with van der Waals surface area (Å²) in [5.74, 6) is 0.310. The molecule has 0 bridgehead atoms. The lowest BCUT2D eigenvalue weighted by atomic mass is 9.98. The molecule has 3 rings (SSSR count). The van der Waals surface area contributed by atoms with Gasteiger partial charge in [-0.3, -0.25) is 4.79 Å². The van der Waals surface area contributed by atoms with Gasteiger partial charge in [0.05, 0.1) is 24.7 Å². The minimum Gasteiger partial charge on any atom is -0.494 e. The molecule has 246 valence electrons. The molecule has 1 atom stereocenters. The largest absolute Gasteiger partial charge is 0.494 e. The third kappa shape index (κ3) is 13.7. The Morgan fingerprint density at radius 2 is 1.09 bits per heavy atom. The zero-order valence-electron chi connectivity index (χ0n) is 28.1. The zero-order valence-corrected chi connectivity index (χ0v) is 28.1. The summed E-state index contributed by atoms with van der Waals surface area (Å²) in [4.78, 5) is 25.4. The van der Waals surface area contributed by atoms with Crippen molar-refractivity contribution in [3.63, 3.8) is 0 Å². The number of unbranched alkanes of at least 4 members (excludes halogenated alkanes) is 14. The molecule has 0 radical (unpaired) electrons. The van der Waals surface area contributed by atoms with Gasteiger partial charge in [-0.2, -0.15) is 0 Å². The Morgan fingerprint density at radius 3 is 1.71 bits per heavy atom. The van der Waals surface area contributed by atoms with Gasteiger partial charge in [-0.25, -0.2) is 4.79 Å². The molecule has 5 nitrogen and oxygen atoms in total. The maximum atomic E-state index is 12.8. The minimum atomic E-state index is -0.409. The molecule has 0 aromatic heterocycles. The number of ether oxygens (including phenoxy) is 3. The molecular weight excluding hydrogens is 560 g/mol. The van der Waals surface area contributed by atoms with Crippen LogP contribution >= 0.6 is 0 Å². The number of esters is 2. The average molecular weight is 617 g/mol. The monoisotopic (exact) mass is 616 g/mol. The second-order valence-electron chi connectivity index (χ2n) is 12.4. The van der Waals surface area contributed by atoms with Crippen LogP contribution < -0.4 is 9.47 Å². The number of rotatable bonds is 23. The van der Waals surface area contributed by atoms with Crippen LogP contribution in [0.15, 0.2) is 60.7 Å². The van der Waals surface area contributed by atoms with Gasteiger partial charge in [0, 0.05) is 0 Å². The average Bonchev–Trinajstić information content (AvgIpc) is 3.06. The van der Waals surface area contributed by atoms with E-state index in [0.717, 1.165) is 41.3 Å². The molecule has 0 aliphatic heterocycles. The molecule has 0 N–H and O–H groups in total. The third-order valence-electron chi connectivity index (χ3n) is 8.50. The molecule has 3 aromatic rings. The van der Waals surface area contributed by atoms with Gasteiger partial charge in [0.1, 0.15) is 11.5 Å². The summed E-state index contributed by atoms with van der Waals surface area (Å²) < 4.78 is 17.1. The van der Waals surface area contributed by atoms with Crippen molar-refractivity contribution < 1.29 is 23.8 Å². The summed E-state index contributed by atoms with van der Waals surface area (Å²) >= 11 is 0. The summed E-state index contributed by atoms with van der Waals surface area (Å²) in [6, 6.07) is 18.6. The zero-order chi connectivity index (χ0) is 32.1. The Morgan fingerprint density at radius 1 is 0.578 bits per heavy atom. The fourth-order valence-corrected chi connectivity index (χ4v) is 5.52. The minimum absolute atomic E-state index is 0.188. The number of hydrogen-bond acceptors (Lipinski definition) is 5. The summed E-state index contributed by atoms with van der Waals surface area (Å²) in [5.41, 5.74) is 1.39. The smallest absolute Gasteiger partial charge is 0.343 e. The molecule has 0 saturated carbocycles. The van der Waals surface area contributed by atoms with Crippen LogP contribution in [-0.4, -0.2) is 25.2 Å². The first kappa shape index (κ1) is 36.1. The molecule has 0 aliphatic carbocycles. The molecule has 0 aliphatic rings. The predicted molar refractivity (Wildman–Crippen MR) is 185 cm³/mol. The number of carbonyl (C=O) groups excluding carboxylic acids is 2. The molecule has 0 unspecified atom stereocenters. The van der Waals surface area contributed by atoms with Gasteiger partial charge in [-0.1, -0.05) is 128 Å². The lowest BCUT2D eigenvalue weighted by Gasteiger charge is -2.13. The van der Waals surface area contributed by atoms with E-state index in [4.69, 9.17) is 14.2 Å². The second-order valence-corrected chi connectivity index (χ2v) is 12.4. The van der Waals surface area contributed by atoms with Crippen LogP contribution in [0.25, 0.3) is 10.8 Å². The van der Waals surface area contributed by atoms with E-state index >= 15 is 0 Å². The van der Waals surface area contributed by atoms with E-state index in [9.17, 15) is 9.59 Å². The van der Waals surface area contributed by atoms with Crippen LogP contribution in [0.5, 0.6) is 11.5 Å². The topological polar surface area (TPSA) is 61.8 Å². The molecular formula is C40H56O5. The first-order valence-electron chi connectivity index (χ1n) is 17.7. The van der Waals surface area contributed by atoms with Gasteiger partial charge in [0.15, 0.2) is 0 Å². The van der Waals surface area contributed by atoms with Gasteiger partial charge in [-0.05, 0) is 72.5 Å². The highest BCUT2D eigenvalue weighted by Gasteiger charge is 2.17. The van der Waals surface area contributed by atoms with Crippen molar-refractivity contribution in [2.24, 2.45) is 0 Å². The number of hydrogen-bond donors (Lipinski definition) is 0. The Bertz CT molecular complexity index is 1270. The Hall–Kier alpha value is -3.34. The lowest BCUT2D eigenvalue weighted by molar-refractivity contribution is -0.145. The molecule has 5 heteroatoms.